The lowest BCUT2D eigenvalue weighted by atomic mass is 10.0. The monoisotopic (exact) mass is 766 g/mol. The van der Waals surface area contributed by atoms with Crippen molar-refractivity contribution in [1.82, 2.24) is 19.9 Å². The average Bonchev–Trinajstić information content (AvgIpc) is 3.17. The molecule has 2 aromatic heterocycles. The molecule has 0 aliphatic carbocycles. The molecule has 0 saturated carbocycles. The molecular weight excluding hydrogens is 728 g/mol. The lowest BCUT2D eigenvalue weighted by Gasteiger charge is -2.35. The van der Waals surface area contributed by atoms with Crippen LogP contribution in [-0.4, -0.2) is 73.0 Å². The third-order valence-electron chi connectivity index (χ3n) is 9.13. The fourth-order valence-corrected chi connectivity index (χ4v) is 6.46. The van der Waals surface area contributed by atoms with Gasteiger partial charge in [0.25, 0.3) is 0 Å². The molecule has 0 unspecified atom stereocenters. The van der Waals surface area contributed by atoms with Crippen LogP contribution in [0.3, 0.4) is 0 Å². The first kappa shape index (κ1) is 38.4. The number of carbonyl (C=O) groups is 1. The van der Waals surface area contributed by atoms with Gasteiger partial charge in [-0.15, -0.1) is 0 Å². The Bertz CT molecular complexity index is 2030. The molecule has 5 aromatic rings. The van der Waals surface area contributed by atoms with Gasteiger partial charge in [-0.2, -0.15) is 22.5 Å². The van der Waals surface area contributed by atoms with Crippen molar-refractivity contribution in [3.05, 3.63) is 101 Å². The summed E-state index contributed by atoms with van der Waals surface area (Å²) in [6.07, 6.45) is -4.62. The summed E-state index contributed by atoms with van der Waals surface area (Å²) >= 11 is 6.80. The summed E-state index contributed by atoms with van der Waals surface area (Å²) in [6, 6.07) is 19.8. The summed E-state index contributed by atoms with van der Waals surface area (Å²) in [6.45, 7) is 4.16. The Labute approximate surface area is 315 Å². The Balaban J connectivity index is 1.37. The summed E-state index contributed by atoms with van der Waals surface area (Å²) in [4.78, 5) is 30.3. The fraction of sp³-hybridized carbons (Fsp3) is 0.333. The highest BCUT2D eigenvalue weighted by molar-refractivity contribution is 6.34. The summed E-state index contributed by atoms with van der Waals surface area (Å²) in [5.74, 6) is 1.79. The van der Waals surface area contributed by atoms with E-state index in [4.69, 9.17) is 25.8 Å². The minimum Gasteiger partial charge on any atom is -0.497 e. The molecule has 0 spiro atoms. The molecule has 15 heteroatoms. The molecule has 3 heterocycles. The predicted octanol–water partition coefficient (Wildman–Crippen LogP) is 8.79. The highest BCUT2D eigenvalue weighted by Gasteiger charge is 2.36. The predicted molar refractivity (Wildman–Crippen MR) is 199 cm³/mol. The zero-order chi connectivity index (χ0) is 38.4. The van der Waals surface area contributed by atoms with Gasteiger partial charge >= 0.3 is 18.3 Å². The molecule has 1 fully saturated rings. The number of carbonyl (C=O) groups excluding carboxylic acids is 1. The molecule has 1 amide bonds. The Kier molecular flexibility index (Phi) is 11.9. The third kappa shape index (κ3) is 8.87. The number of fused-ring (bicyclic) bond motifs is 1. The van der Waals surface area contributed by atoms with Crippen LogP contribution in [0.25, 0.3) is 22.2 Å². The second-order valence-corrected chi connectivity index (χ2v) is 13.1. The Morgan fingerprint density at radius 1 is 0.852 bits per heavy atom. The number of nitrogens with zero attached hydrogens (tertiary/aromatic N) is 6. The Morgan fingerprint density at radius 2 is 1.46 bits per heavy atom. The quantitative estimate of drug-likeness (QED) is 0.0702. The molecule has 0 radical (unpaired) electrons. The molecule has 284 valence electrons. The number of amides is 1. The Hall–Kier alpha value is -5.37. The van der Waals surface area contributed by atoms with Gasteiger partial charge in [0.2, 0.25) is 0 Å². The smallest absolute Gasteiger partial charge is 0.418 e. The van der Waals surface area contributed by atoms with Crippen LogP contribution >= 0.6 is 11.6 Å². The maximum atomic E-state index is 15.0. The van der Waals surface area contributed by atoms with Gasteiger partial charge in [0.15, 0.2) is 0 Å². The number of unbranched alkanes of at least 4 members (excludes halogenated alkanes) is 1. The SMILES string of the molecule is CCCCOC(=O)N1CCN(c2nc(F)nc3cc(-c4nc(N(Cc5ccc(OC)cc5)Cc5ccc(OC)cc5)ccc4C(F)(F)F)c(Cl)cc23)CC1. The summed E-state index contributed by atoms with van der Waals surface area (Å²) in [7, 11) is 3.13. The van der Waals surface area contributed by atoms with Crippen molar-refractivity contribution >= 4 is 40.2 Å². The molecule has 1 aliphatic heterocycles. The maximum absolute atomic E-state index is 15.0. The molecule has 6 rings (SSSR count). The van der Waals surface area contributed by atoms with Crippen LogP contribution < -0.4 is 19.3 Å². The van der Waals surface area contributed by atoms with E-state index in [1.807, 2.05) is 36.1 Å². The maximum Gasteiger partial charge on any atom is 0.418 e. The van der Waals surface area contributed by atoms with E-state index < -0.39 is 29.6 Å². The standard InChI is InChI=1S/C39H39ClF4N6O4/c1-4-5-20-54-38(51)49-18-16-48(17-19-49)36-30-21-32(40)29(22-33(30)45-37(41)47-36)35-31(39(42,43)44)14-15-34(46-35)50(23-25-6-10-27(52-2)11-7-25)24-26-8-12-28(53-3)13-9-26/h6-15,21-22H,4-5,16-20,23-24H2,1-3H3. The highest BCUT2D eigenvalue weighted by atomic mass is 35.5. The van der Waals surface area contributed by atoms with Crippen molar-refractivity contribution < 1.29 is 36.6 Å². The van der Waals surface area contributed by atoms with E-state index in [-0.39, 0.29) is 27.7 Å². The lowest BCUT2D eigenvalue weighted by Crippen LogP contribution is -2.49. The van der Waals surface area contributed by atoms with Crippen LogP contribution in [0.15, 0.2) is 72.8 Å². The molecule has 0 atom stereocenters. The molecule has 0 N–H and O–H groups in total. The second-order valence-electron chi connectivity index (χ2n) is 12.7. The number of hydrogen-bond donors (Lipinski definition) is 0. The van der Waals surface area contributed by atoms with E-state index in [0.29, 0.717) is 62.8 Å². The number of rotatable bonds is 12. The summed E-state index contributed by atoms with van der Waals surface area (Å²) in [5.41, 5.74) is 0.258. The minimum atomic E-state index is -4.80. The van der Waals surface area contributed by atoms with Crippen molar-refractivity contribution in [3.8, 4) is 22.8 Å². The first-order valence-electron chi connectivity index (χ1n) is 17.4. The molecule has 0 bridgehead atoms. The van der Waals surface area contributed by atoms with Crippen molar-refractivity contribution in [2.45, 2.75) is 39.0 Å². The van der Waals surface area contributed by atoms with Gasteiger partial charge in [0.05, 0.1) is 42.6 Å². The van der Waals surface area contributed by atoms with Crippen molar-refractivity contribution in [2.24, 2.45) is 0 Å². The molecule has 3 aromatic carbocycles. The fourth-order valence-electron chi connectivity index (χ4n) is 6.20. The van der Waals surface area contributed by atoms with Crippen molar-refractivity contribution in [1.29, 1.82) is 0 Å². The first-order chi connectivity index (χ1) is 26.0. The van der Waals surface area contributed by atoms with Gasteiger partial charge in [-0.3, -0.25) is 0 Å². The minimum absolute atomic E-state index is 0.0481. The van der Waals surface area contributed by atoms with Crippen molar-refractivity contribution in [3.63, 3.8) is 0 Å². The van der Waals surface area contributed by atoms with E-state index in [0.717, 1.165) is 30.0 Å². The molecular formula is C39H39ClF4N6O4. The van der Waals surface area contributed by atoms with E-state index in [1.54, 1.807) is 48.3 Å². The molecule has 10 nitrogen and oxygen atoms in total. The van der Waals surface area contributed by atoms with Crippen LogP contribution in [-0.2, 0) is 24.0 Å². The number of piperazine rings is 1. The highest BCUT2D eigenvalue weighted by Crippen LogP contribution is 2.42. The van der Waals surface area contributed by atoms with Crippen LogP contribution in [0.5, 0.6) is 11.5 Å². The van der Waals surface area contributed by atoms with Crippen LogP contribution in [0.1, 0.15) is 36.5 Å². The number of ether oxygens (including phenoxy) is 3. The molecule has 1 aliphatic rings. The largest absolute Gasteiger partial charge is 0.497 e. The number of alkyl halides is 3. The van der Waals surface area contributed by atoms with E-state index >= 15 is 4.39 Å². The van der Waals surface area contributed by atoms with Crippen molar-refractivity contribution in [2.75, 3.05) is 56.8 Å². The average molecular weight is 767 g/mol. The number of halogens is 5. The summed E-state index contributed by atoms with van der Waals surface area (Å²) in [5, 5.41) is 0.290. The number of methoxy groups -OCH3 is 2. The zero-order valence-corrected chi connectivity index (χ0v) is 30.8. The number of hydrogen-bond acceptors (Lipinski definition) is 9. The lowest BCUT2D eigenvalue weighted by molar-refractivity contribution is -0.137. The van der Waals surface area contributed by atoms with Crippen LogP contribution in [0.2, 0.25) is 5.02 Å². The summed E-state index contributed by atoms with van der Waals surface area (Å²) < 4.78 is 74.9. The molecule has 1 saturated heterocycles. The zero-order valence-electron chi connectivity index (χ0n) is 30.0. The first-order valence-corrected chi connectivity index (χ1v) is 17.8. The van der Waals surface area contributed by atoms with E-state index in [1.165, 1.54) is 18.2 Å². The van der Waals surface area contributed by atoms with Crippen LogP contribution in [0.4, 0.5) is 34.0 Å². The normalized spacial score (nSPS) is 13.3. The topological polar surface area (TPSA) is 93.2 Å². The number of anilines is 2. The third-order valence-corrected chi connectivity index (χ3v) is 9.44. The van der Waals surface area contributed by atoms with Gasteiger partial charge in [0.1, 0.15) is 23.1 Å². The number of aromatic nitrogens is 3. The van der Waals surface area contributed by atoms with Gasteiger partial charge in [0, 0.05) is 50.2 Å². The van der Waals surface area contributed by atoms with E-state index in [9.17, 15) is 18.0 Å². The number of benzene rings is 3. The van der Waals surface area contributed by atoms with Gasteiger partial charge in [-0.1, -0.05) is 49.2 Å². The molecule has 54 heavy (non-hydrogen) atoms. The van der Waals surface area contributed by atoms with Gasteiger partial charge < -0.3 is 28.9 Å². The van der Waals surface area contributed by atoms with Crippen LogP contribution in [0, 0.1) is 6.08 Å². The van der Waals surface area contributed by atoms with E-state index in [2.05, 4.69) is 15.0 Å². The number of pyridine rings is 1. The second kappa shape index (κ2) is 16.8. The van der Waals surface area contributed by atoms with Gasteiger partial charge in [-0.05, 0) is 66.1 Å². The van der Waals surface area contributed by atoms with Gasteiger partial charge in [-0.25, -0.2) is 14.8 Å². The Morgan fingerprint density at radius 3 is 2.02 bits per heavy atom.